The molecule has 0 bridgehead atoms. The van der Waals surface area contributed by atoms with Crippen molar-refractivity contribution in [2.24, 2.45) is 0 Å². The molecule has 1 N–H and O–H groups in total. The summed E-state index contributed by atoms with van der Waals surface area (Å²) in [5, 5.41) is 7.62. The molecule has 0 aliphatic heterocycles. The molecule has 4 heteroatoms. The van der Waals surface area contributed by atoms with E-state index in [0.29, 0.717) is 0 Å². The average molecular weight is 224 g/mol. The molecule has 1 aromatic rings. The van der Waals surface area contributed by atoms with Gasteiger partial charge in [-0.25, -0.2) is 9.67 Å². The van der Waals surface area contributed by atoms with Gasteiger partial charge in [0.15, 0.2) is 0 Å². The molecule has 0 fully saturated rings. The lowest BCUT2D eigenvalue weighted by molar-refractivity contribution is 0.531. The van der Waals surface area contributed by atoms with Crippen LogP contribution < -0.4 is 5.32 Å². The Balaban J connectivity index is 2.13. The zero-order chi connectivity index (χ0) is 11.6. The van der Waals surface area contributed by atoms with Crippen LogP contribution in [0.1, 0.15) is 51.8 Å². The Hall–Kier alpha value is -0.900. The fraction of sp³-hybridized carbons (Fsp3) is 0.833. The minimum Gasteiger partial charge on any atom is -0.310 e. The van der Waals surface area contributed by atoms with E-state index in [0.717, 1.165) is 31.9 Å². The van der Waals surface area contributed by atoms with Gasteiger partial charge in [0.2, 0.25) is 0 Å². The zero-order valence-corrected chi connectivity index (χ0v) is 10.6. The highest BCUT2D eigenvalue weighted by molar-refractivity contribution is 4.83. The van der Waals surface area contributed by atoms with E-state index in [1.807, 2.05) is 4.68 Å². The fourth-order valence-corrected chi connectivity index (χ4v) is 1.70. The van der Waals surface area contributed by atoms with Crippen molar-refractivity contribution in [3.8, 4) is 0 Å². The molecule has 0 aliphatic rings. The predicted octanol–water partition coefficient (Wildman–Crippen LogP) is 2.36. The van der Waals surface area contributed by atoms with Crippen LogP contribution >= 0.6 is 0 Å². The molecule has 0 spiro atoms. The number of rotatable bonds is 9. The molecule has 1 aromatic heterocycles. The van der Waals surface area contributed by atoms with Gasteiger partial charge in [-0.3, -0.25) is 0 Å². The summed E-state index contributed by atoms with van der Waals surface area (Å²) in [7, 11) is 0. The summed E-state index contributed by atoms with van der Waals surface area (Å²) >= 11 is 0. The SMILES string of the molecule is CCCCCCNCc1ncnn1CCC. The molecule has 0 saturated carbocycles. The van der Waals surface area contributed by atoms with Gasteiger partial charge >= 0.3 is 0 Å². The molecule has 0 unspecified atom stereocenters. The van der Waals surface area contributed by atoms with Crippen molar-refractivity contribution >= 4 is 0 Å². The second-order valence-electron chi connectivity index (χ2n) is 4.14. The van der Waals surface area contributed by atoms with E-state index in [2.05, 4.69) is 29.2 Å². The van der Waals surface area contributed by atoms with E-state index in [1.54, 1.807) is 6.33 Å². The first-order valence-electron chi connectivity index (χ1n) is 6.45. The van der Waals surface area contributed by atoms with E-state index < -0.39 is 0 Å². The van der Waals surface area contributed by atoms with Gasteiger partial charge in [0.25, 0.3) is 0 Å². The van der Waals surface area contributed by atoms with Gasteiger partial charge < -0.3 is 5.32 Å². The molecule has 0 amide bonds. The Morgan fingerprint density at radius 1 is 1.19 bits per heavy atom. The van der Waals surface area contributed by atoms with Crippen LogP contribution in [0.2, 0.25) is 0 Å². The van der Waals surface area contributed by atoms with Crippen molar-refractivity contribution in [1.29, 1.82) is 0 Å². The van der Waals surface area contributed by atoms with Gasteiger partial charge in [0, 0.05) is 6.54 Å². The summed E-state index contributed by atoms with van der Waals surface area (Å²) in [4.78, 5) is 4.26. The van der Waals surface area contributed by atoms with Crippen LogP contribution in [-0.4, -0.2) is 21.3 Å². The van der Waals surface area contributed by atoms with Gasteiger partial charge in [-0.05, 0) is 19.4 Å². The molecule has 4 nitrogen and oxygen atoms in total. The number of aryl methyl sites for hydroxylation is 1. The van der Waals surface area contributed by atoms with Crippen LogP contribution in [0.25, 0.3) is 0 Å². The molecular weight excluding hydrogens is 200 g/mol. The van der Waals surface area contributed by atoms with Gasteiger partial charge in [-0.1, -0.05) is 33.1 Å². The molecule has 0 saturated heterocycles. The van der Waals surface area contributed by atoms with E-state index in [9.17, 15) is 0 Å². The number of nitrogens with zero attached hydrogens (tertiary/aromatic N) is 3. The minimum absolute atomic E-state index is 0.839. The summed E-state index contributed by atoms with van der Waals surface area (Å²) in [6.45, 7) is 7.28. The Morgan fingerprint density at radius 2 is 2.06 bits per heavy atom. The summed E-state index contributed by atoms with van der Waals surface area (Å²) in [6.07, 6.45) is 7.97. The van der Waals surface area contributed by atoms with Gasteiger partial charge in [-0.2, -0.15) is 5.10 Å². The van der Waals surface area contributed by atoms with Crippen LogP contribution in [-0.2, 0) is 13.1 Å². The third kappa shape index (κ3) is 4.75. The topological polar surface area (TPSA) is 42.7 Å². The summed E-state index contributed by atoms with van der Waals surface area (Å²) < 4.78 is 1.99. The van der Waals surface area contributed by atoms with E-state index >= 15 is 0 Å². The maximum Gasteiger partial charge on any atom is 0.140 e. The summed E-state index contributed by atoms with van der Waals surface area (Å²) in [6, 6.07) is 0. The molecule has 1 heterocycles. The van der Waals surface area contributed by atoms with Crippen molar-refractivity contribution in [3.63, 3.8) is 0 Å². The highest BCUT2D eigenvalue weighted by Crippen LogP contribution is 1.98. The third-order valence-corrected chi connectivity index (χ3v) is 2.62. The second kappa shape index (κ2) is 8.28. The number of nitrogens with one attached hydrogen (secondary N) is 1. The Labute approximate surface area is 98.5 Å². The molecule has 16 heavy (non-hydrogen) atoms. The first-order chi connectivity index (χ1) is 7.88. The molecule has 92 valence electrons. The maximum absolute atomic E-state index is 4.26. The first-order valence-corrected chi connectivity index (χ1v) is 6.45. The van der Waals surface area contributed by atoms with Crippen LogP contribution in [0.4, 0.5) is 0 Å². The standard InChI is InChI=1S/C12H24N4/c1-3-5-6-7-8-13-10-12-14-11-15-16(12)9-4-2/h11,13H,3-10H2,1-2H3. The Bertz CT molecular complexity index is 270. The smallest absolute Gasteiger partial charge is 0.140 e. The lowest BCUT2D eigenvalue weighted by Crippen LogP contribution is -2.18. The van der Waals surface area contributed by atoms with Crippen LogP contribution in [0.5, 0.6) is 0 Å². The highest BCUT2D eigenvalue weighted by Gasteiger charge is 2.01. The largest absolute Gasteiger partial charge is 0.310 e. The monoisotopic (exact) mass is 224 g/mol. The minimum atomic E-state index is 0.839. The molecule has 0 radical (unpaired) electrons. The van der Waals surface area contributed by atoms with Crippen LogP contribution in [0.15, 0.2) is 6.33 Å². The van der Waals surface area contributed by atoms with Crippen molar-refractivity contribution in [3.05, 3.63) is 12.2 Å². The average Bonchev–Trinajstić information content (AvgIpc) is 2.72. The summed E-state index contributed by atoms with van der Waals surface area (Å²) in [5.41, 5.74) is 0. The van der Waals surface area contributed by atoms with Crippen molar-refractivity contribution < 1.29 is 0 Å². The zero-order valence-electron chi connectivity index (χ0n) is 10.6. The van der Waals surface area contributed by atoms with E-state index in [4.69, 9.17) is 0 Å². The summed E-state index contributed by atoms with van der Waals surface area (Å²) in [5.74, 6) is 1.05. The van der Waals surface area contributed by atoms with Gasteiger partial charge in [-0.15, -0.1) is 0 Å². The molecule has 0 aromatic carbocycles. The number of hydrogen-bond donors (Lipinski definition) is 1. The first kappa shape index (κ1) is 13.2. The predicted molar refractivity (Wildman–Crippen MR) is 66.2 cm³/mol. The van der Waals surface area contributed by atoms with Gasteiger partial charge in [0.1, 0.15) is 12.2 Å². The lowest BCUT2D eigenvalue weighted by Gasteiger charge is -2.06. The Kier molecular flexibility index (Phi) is 6.81. The molecule has 0 atom stereocenters. The van der Waals surface area contributed by atoms with E-state index in [-0.39, 0.29) is 0 Å². The quantitative estimate of drug-likeness (QED) is 0.655. The van der Waals surface area contributed by atoms with Crippen molar-refractivity contribution in [2.45, 2.75) is 59.0 Å². The Morgan fingerprint density at radius 3 is 2.81 bits per heavy atom. The molecule has 1 rings (SSSR count). The number of unbranched alkanes of at least 4 members (excludes halogenated alkanes) is 3. The fourth-order valence-electron chi connectivity index (χ4n) is 1.70. The normalized spacial score (nSPS) is 10.9. The van der Waals surface area contributed by atoms with Crippen molar-refractivity contribution in [2.75, 3.05) is 6.54 Å². The molecular formula is C12H24N4. The van der Waals surface area contributed by atoms with Crippen LogP contribution in [0, 0.1) is 0 Å². The molecule has 0 aliphatic carbocycles. The maximum atomic E-state index is 4.26. The number of hydrogen-bond acceptors (Lipinski definition) is 3. The van der Waals surface area contributed by atoms with Gasteiger partial charge in [0.05, 0.1) is 6.54 Å². The van der Waals surface area contributed by atoms with Crippen LogP contribution in [0.3, 0.4) is 0 Å². The second-order valence-corrected chi connectivity index (χ2v) is 4.14. The van der Waals surface area contributed by atoms with Crippen molar-refractivity contribution in [1.82, 2.24) is 20.1 Å². The lowest BCUT2D eigenvalue weighted by atomic mass is 10.2. The number of aromatic nitrogens is 3. The highest BCUT2D eigenvalue weighted by atomic mass is 15.3. The van der Waals surface area contributed by atoms with E-state index in [1.165, 1.54) is 25.7 Å². The third-order valence-electron chi connectivity index (χ3n) is 2.62.